The highest BCUT2D eigenvalue weighted by atomic mass is 19.3. The fraction of sp³-hybridized carbons (Fsp3) is 0.333. The lowest BCUT2D eigenvalue weighted by Gasteiger charge is -2.28. The Balaban J connectivity index is 1.80. The molecule has 0 saturated carbocycles. The Kier molecular flexibility index (Phi) is 5.68. The minimum absolute atomic E-state index is 0.00838. The molecule has 0 unspecified atom stereocenters. The van der Waals surface area contributed by atoms with Gasteiger partial charge >= 0.3 is 17.9 Å². The van der Waals surface area contributed by atoms with Crippen LogP contribution in [0, 0.1) is 0 Å². The Morgan fingerprint density at radius 2 is 1.69 bits per heavy atom. The van der Waals surface area contributed by atoms with Gasteiger partial charge in [-0.15, -0.1) is 0 Å². The summed E-state index contributed by atoms with van der Waals surface area (Å²) in [6.07, 6.45) is -3.77. The van der Waals surface area contributed by atoms with E-state index in [0.717, 1.165) is 11.1 Å². The van der Waals surface area contributed by atoms with Crippen LogP contribution in [0.2, 0.25) is 0 Å². The quantitative estimate of drug-likeness (QED) is 0.736. The largest absolute Gasteiger partial charge is 0.477 e. The molecule has 1 N–H and O–H groups in total. The molecule has 1 saturated heterocycles. The van der Waals surface area contributed by atoms with Crippen LogP contribution in [0.3, 0.4) is 0 Å². The van der Waals surface area contributed by atoms with Crippen LogP contribution >= 0.6 is 0 Å². The monoisotopic (exact) mass is 406 g/mol. The Morgan fingerprint density at radius 3 is 2.21 bits per heavy atom. The summed E-state index contributed by atoms with van der Waals surface area (Å²) in [7, 11) is 0. The molecule has 8 heteroatoms. The first kappa shape index (κ1) is 20.9. The fourth-order valence-electron chi connectivity index (χ4n) is 2.98. The molecule has 6 nitrogen and oxygen atoms in total. The molecule has 0 amide bonds. The van der Waals surface area contributed by atoms with Gasteiger partial charge in [-0.2, -0.15) is 8.78 Å². The van der Waals surface area contributed by atoms with Gasteiger partial charge < -0.3 is 19.3 Å². The Labute approximate surface area is 166 Å². The topological polar surface area (TPSA) is 82.1 Å². The Morgan fingerprint density at radius 1 is 1.10 bits per heavy atom. The number of rotatable bonds is 6. The summed E-state index contributed by atoms with van der Waals surface area (Å²) in [5.74, 6) is -9.04. The molecular formula is C21H20F2O6. The third-order valence-electron chi connectivity index (χ3n) is 4.47. The van der Waals surface area contributed by atoms with Gasteiger partial charge in [-0.1, -0.05) is 42.5 Å². The highest BCUT2D eigenvalue weighted by Gasteiger charge is 2.57. The SMILES string of the molecule is CC1(C)OC[C@H]([C@@H](OC(=O)c2ccc(-c3ccccc3)cc2)C(F)(F)C(=O)O)O1. The molecule has 0 radical (unpaired) electrons. The van der Waals surface area contributed by atoms with Gasteiger partial charge in [-0.25, -0.2) is 9.59 Å². The first-order valence-corrected chi connectivity index (χ1v) is 8.89. The van der Waals surface area contributed by atoms with Crippen molar-refractivity contribution in [1.29, 1.82) is 0 Å². The minimum atomic E-state index is -4.35. The van der Waals surface area contributed by atoms with Gasteiger partial charge in [0.15, 0.2) is 5.79 Å². The van der Waals surface area contributed by atoms with Gasteiger partial charge in [0.2, 0.25) is 6.10 Å². The van der Waals surface area contributed by atoms with E-state index in [9.17, 15) is 18.4 Å². The maximum absolute atomic E-state index is 14.3. The number of carboxylic acid groups (broad SMARTS) is 1. The number of carbonyl (C=O) groups excluding carboxylic acids is 1. The smallest absolute Gasteiger partial charge is 0.381 e. The van der Waals surface area contributed by atoms with E-state index >= 15 is 0 Å². The highest BCUT2D eigenvalue weighted by molar-refractivity contribution is 5.90. The lowest BCUT2D eigenvalue weighted by atomic mass is 10.0. The molecule has 29 heavy (non-hydrogen) atoms. The molecule has 154 valence electrons. The predicted molar refractivity (Wildman–Crippen MR) is 98.6 cm³/mol. The summed E-state index contributed by atoms with van der Waals surface area (Å²) >= 11 is 0. The third-order valence-corrected chi connectivity index (χ3v) is 4.47. The summed E-state index contributed by atoms with van der Waals surface area (Å²) in [4.78, 5) is 23.5. The van der Waals surface area contributed by atoms with E-state index < -0.39 is 35.9 Å². The molecule has 1 aliphatic rings. The van der Waals surface area contributed by atoms with Crippen LogP contribution in [0.1, 0.15) is 24.2 Å². The molecule has 0 bridgehead atoms. The van der Waals surface area contributed by atoms with Crippen molar-refractivity contribution in [3.05, 3.63) is 60.2 Å². The predicted octanol–water partition coefficient (Wildman–Crippen LogP) is 3.75. The van der Waals surface area contributed by atoms with Crippen LogP contribution in [-0.2, 0) is 19.0 Å². The second-order valence-corrected chi connectivity index (χ2v) is 7.06. The molecule has 1 aliphatic heterocycles. The Hall–Kier alpha value is -2.84. The average molecular weight is 406 g/mol. The number of ether oxygens (including phenoxy) is 3. The van der Waals surface area contributed by atoms with Gasteiger partial charge in [0.25, 0.3) is 0 Å². The molecule has 2 atom stereocenters. The van der Waals surface area contributed by atoms with Gasteiger partial charge in [0.1, 0.15) is 6.10 Å². The van der Waals surface area contributed by atoms with Crippen molar-refractivity contribution in [3.63, 3.8) is 0 Å². The average Bonchev–Trinajstić information content (AvgIpc) is 3.05. The number of carboxylic acids is 1. The zero-order valence-electron chi connectivity index (χ0n) is 15.8. The summed E-state index contributed by atoms with van der Waals surface area (Å²) in [6.45, 7) is 2.65. The van der Waals surface area contributed by atoms with Crippen molar-refractivity contribution >= 4 is 11.9 Å². The maximum Gasteiger partial charge on any atom is 0.381 e. The second-order valence-electron chi connectivity index (χ2n) is 7.06. The van der Waals surface area contributed by atoms with Crippen molar-refractivity contribution in [2.45, 2.75) is 37.8 Å². The molecule has 2 aromatic rings. The number of alkyl halides is 2. The van der Waals surface area contributed by atoms with Crippen molar-refractivity contribution in [1.82, 2.24) is 0 Å². The maximum atomic E-state index is 14.3. The van der Waals surface area contributed by atoms with Crippen LogP contribution in [0.5, 0.6) is 0 Å². The summed E-state index contributed by atoms with van der Waals surface area (Å²) < 4.78 is 44.0. The van der Waals surface area contributed by atoms with E-state index in [1.807, 2.05) is 30.3 Å². The third kappa shape index (κ3) is 4.60. The normalized spacial score (nSPS) is 19.5. The van der Waals surface area contributed by atoms with E-state index in [1.54, 1.807) is 12.1 Å². The summed E-state index contributed by atoms with van der Waals surface area (Å²) in [6, 6.07) is 15.5. The summed E-state index contributed by atoms with van der Waals surface area (Å²) in [5, 5.41) is 8.91. The van der Waals surface area contributed by atoms with Crippen molar-refractivity contribution in [3.8, 4) is 11.1 Å². The van der Waals surface area contributed by atoms with Crippen molar-refractivity contribution in [2.75, 3.05) is 6.61 Å². The van der Waals surface area contributed by atoms with Gasteiger partial charge in [0, 0.05) is 0 Å². The first-order valence-electron chi connectivity index (χ1n) is 8.89. The number of hydrogen-bond acceptors (Lipinski definition) is 5. The number of benzene rings is 2. The number of carbonyl (C=O) groups is 2. The standard InChI is InChI=1S/C21H20F2O6/c1-20(2)27-12-16(29-20)17(21(22,23)19(25)26)28-18(24)15-10-8-14(9-11-15)13-6-4-3-5-7-13/h3-11,16-17H,12H2,1-2H3,(H,25,26)/t16-,17-/m1/s1. The van der Waals surface area contributed by atoms with Crippen LogP contribution in [0.15, 0.2) is 54.6 Å². The highest BCUT2D eigenvalue weighted by Crippen LogP contribution is 2.33. The van der Waals surface area contributed by atoms with Crippen LogP contribution in [0.25, 0.3) is 11.1 Å². The zero-order chi connectivity index (χ0) is 21.2. The second kappa shape index (κ2) is 7.88. The van der Waals surface area contributed by atoms with Gasteiger partial charge in [-0.05, 0) is 37.1 Å². The summed E-state index contributed by atoms with van der Waals surface area (Å²) in [5.41, 5.74) is 1.75. The number of esters is 1. The molecular weight excluding hydrogens is 386 g/mol. The molecule has 0 spiro atoms. The van der Waals surface area contributed by atoms with E-state index in [2.05, 4.69) is 0 Å². The molecule has 2 aromatic carbocycles. The number of aliphatic carboxylic acids is 1. The van der Waals surface area contributed by atoms with Gasteiger partial charge in [-0.3, -0.25) is 0 Å². The van der Waals surface area contributed by atoms with E-state index in [-0.39, 0.29) is 12.2 Å². The first-order chi connectivity index (χ1) is 13.6. The van der Waals surface area contributed by atoms with Gasteiger partial charge in [0.05, 0.1) is 12.2 Å². The Bertz CT molecular complexity index is 880. The van der Waals surface area contributed by atoms with Crippen molar-refractivity contribution < 1.29 is 37.7 Å². The van der Waals surface area contributed by atoms with Crippen LogP contribution in [0.4, 0.5) is 8.78 Å². The molecule has 1 fully saturated rings. The number of halogens is 2. The molecule has 0 aliphatic carbocycles. The van der Waals surface area contributed by atoms with Crippen molar-refractivity contribution in [2.24, 2.45) is 0 Å². The fourth-order valence-corrected chi connectivity index (χ4v) is 2.98. The molecule has 0 aromatic heterocycles. The minimum Gasteiger partial charge on any atom is -0.477 e. The van der Waals surface area contributed by atoms with Crippen LogP contribution < -0.4 is 0 Å². The molecule has 1 heterocycles. The van der Waals surface area contributed by atoms with E-state index in [0.29, 0.717) is 0 Å². The van der Waals surface area contributed by atoms with E-state index in [1.165, 1.54) is 26.0 Å². The number of hydrogen-bond donors (Lipinski definition) is 1. The van der Waals surface area contributed by atoms with Crippen LogP contribution in [-0.4, -0.2) is 47.6 Å². The lowest BCUT2D eigenvalue weighted by Crippen LogP contribution is -2.52. The lowest BCUT2D eigenvalue weighted by molar-refractivity contribution is -0.206. The zero-order valence-corrected chi connectivity index (χ0v) is 15.8. The molecule has 3 rings (SSSR count). The van der Waals surface area contributed by atoms with E-state index in [4.69, 9.17) is 19.3 Å².